The Bertz CT molecular complexity index is 3870. The molecule has 0 saturated carbocycles. The smallest absolute Gasteiger partial charge is 0.131 e. The first-order valence-corrected chi connectivity index (χ1v) is 21.6. The molecule has 0 aliphatic carbocycles. The molecule has 5 heterocycles. The molecule has 5 heteroatoms. The standard InChI is InChI=1S/C58H37N5/c1-3-19-38(20-4-1)60-51-31-15-9-25-45(51)55-47-27-11-17-33-53(47)62(57(55)60)41-35-40(59-49-29-13-7-23-43(49)44-24-8-14-30-50(44)59)36-42(37-41)63-54-34-18-12-28-48(54)56-46-26-10-16-32-52(46)61(58(56)63)39-21-5-2-6-22-39/h1-37H. The minimum absolute atomic E-state index is 1.07. The van der Waals surface area contributed by atoms with E-state index in [2.05, 4.69) is 247 Å². The highest BCUT2D eigenvalue weighted by molar-refractivity contribution is 6.24. The molecule has 0 radical (unpaired) electrons. The Hall–Kier alpha value is -8.54. The molecule has 0 fully saturated rings. The van der Waals surface area contributed by atoms with Gasteiger partial charge in [0, 0.05) is 54.5 Å². The highest BCUT2D eigenvalue weighted by atomic mass is 15.2. The van der Waals surface area contributed by atoms with Crippen molar-refractivity contribution in [2.24, 2.45) is 0 Å². The summed E-state index contributed by atoms with van der Waals surface area (Å²) in [5.41, 5.74) is 14.8. The molecule has 5 aromatic heterocycles. The van der Waals surface area contributed by atoms with Gasteiger partial charge in [0.1, 0.15) is 11.3 Å². The third-order valence-electron chi connectivity index (χ3n) is 13.2. The molecule has 0 atom stereocenters. The molecular weight excluding hydrogens is 767 g/mol. The summed E-state index contributed by atoms with van der Waals surface area (Å²) in [6, 6.07) is 82.0. The Morgan fingerprint density at radius 1 is 0.190 bits per heavy atom. The summed E-state index contributed by atoms with van der Waals surface area (Å²) in [6.45, 7) is 0. The molecule has 14 aromatic rings. The lowest BCUT2D eigenvalue weighted by Crippen LogP contribution is -2.06. The van der Waals surface area contributed by atoms with Gasteiger partial charge in [-0.3, -0.25) is 18.3 Å². The molecule has 0 N–H and O–H groups in total. The molecule has 0 amide bonds. The SMILES string of the molecule is c1ccc(-n2c3ccccc3c3c4ccccc4n(-c4cc(-n5c6ccccc6c6ccccc65)cc(-n5c6ccccc6c6c7ccccc7n(-c7ccccc7)c65)c4)c32)cc1. The third kappa shape index (κ3) is 4.71. The number of aromatic nitrogens is 5. The summed E-state index contributed by atoms with van der Waals surface area (Å²) in [7, 11) is 0. The summed E-state index contributed by atoms with van der Waals surface area (Å²) in [4.78, 5) is 0. The van der Waals surface area contributed by atoms with Crippen molar-refractivity contribution in [3.05, 3.63) is 224 Å². The first kappa shape index (κ1) is 34.2. The molecule has 0 bridgehead atoms. The fourth-order valence-electron chi connectivity index (χ4n) is 10.8. The molecule has 14 rings (SSSR count). The van der Waals surface area contributed by atoms with Crippen molar-refractivity contribution in [3.63, 3.8) is 0 Å². The Kier molecular flexibility index (Phi) is 7.05. The molecule has 9 aromatic carbocycles. The van der Waals surface area contributed by atoms with E-state index < -0.39 is 0 Å². The van der Waals surface area contributed by atoms with Crippen molar-refractivity contribution in [1.82, 2.24) is 22.8 Å². The molecule has 5 nitrogen and oxygen atoms in total. The molecular formula is C58H37N5. The van der Waals surface area contributed by atoms with Gasteiger partial charge in [-0.15, -0.1) is 0 Å². The highest BCUT2D eigenvalue weighted by Gasteiger charge is 2.26. The first-order chi connectivity index (χ1) is 31.3. The average Bonchev–Trinajstić information content (AvgIpc) is 4.13. The molecule has 294 valence electrons. The number of benzene rings is 9. The van der Waals surface area contributed by atoms with E-state index in [1.165, 1.54) is 65.2 Å². The lowest BCUT2D eigenvalue weighted by atomic mass is 10.1. The predicted molar refractivity (Wildman–Crippen MR) is 263 cm³/mol. The minimum atomic E-state index is 1.07. The summed E-state index contributed by atoms with van der Waals surface area (Å²) in [6.07, 6.45) is 0. The van der Waals surface area contributed by atoms with E-state index in [0.29, 0.717) is 0 Å². The molecule has 0 spiro atoms. The van der Waals surface area contributed by atoms with Crippen molar-refractivity contribution >= 4 is 87.5 Å². The van der Waals surface area contributed by atoms with E-state index in [-0.39, 0.29) is 0 Å². The first-order valence-electron chi connectivity index (χ1n) is 21.6. The topological polar surface area (TPSA) is 24.6 Å². The van der Waals surface area contributed by atoms with E-state index in [0.717, 1.165) is 50.8 Å². The zero-order valence-corrected chi connectivity index (χ0v) is 34.1. The van der Waals surface area contributed by atoms with E-state index in [4.69, 9.17) is 0 Å². The maximum atomic E-state index is 2.51. The van der Waals surface area contributed by atoms with E-state index in [1.54, 1.807) is 0 Å². The summed E-state index contributed by atoms with van der Waals surface area (Å²) < 4.78 is 12.4. The van der Waals surface area contributed by atoms with Crippen molar-refractivity contribution in [2.45, 2.75) is 0 Å². The van der Waals surface area contributed by atoms with Gasteiger partial charge in [0.25, 0.3) is 0 Å². The van der Waals surface area contributed by atoms with E-state index in [1.807, 2.05) is 0 Å². The second-order valence-electron chi connectivity index (χ2n) is 16.6. The van der Waals surface area contributed by atoms with Gasteiger partial charge in [0.15, 0.2) is 0 Å². The van der Waals surface area contributed by atoms with Crippen molar-refractivity contribution in [1.29, 1.82) is 0 Å². The van der Waals surface area contributed by atoms with Crippen LogP contribution in [0.15, 0.2) is 224 Å². The fraction of sp³-hybridized carbons (Fsp3) is 0. The van der Waals surface area contributed by atoms with Crippen LogP contribution in [0.5, 0.6) is 0 Å². The number of rotatable bonds is 5. The Balaban J connectivity index is 1.20. The largest absolute Gasteiger partial charge is 0.309 e. The Labute approximate surface area is 361 Å². The third-order valence-corrected chi connectivity index (χ3v) is 13.2. The average molecular weight is 804 g/mol. The number of hydrogen-bond donors (Lipinski definition) is 0. The number of para-hydroxylation sites is 8. The number of fused-ring (bicyclic) bond motifs is 13. The number of nitrogens with zero attached hydrogens (tertiary/aromatic N) is 5. The zero-order valence-electron chi connectivity index (χ0n) is 34.1. The summed E-state index contributed by atoms with van der Waals surface area (Å²) in [5.74, 6) is 0. The molecule has 0 aliphatic rings. The summed E-state index contributed by atoms with van der Waals surface area (Å²) >= 11 is 0. The van der Waals surface area contributed by atoms with Crippen LogP contribution >= 0.6 is 0 Å². The highest BCUT2D eigenvalue weighted by Crippen LogP contribution is 2.45. The normalized spacial score (nSPS) is 12.1. The van der Waals surface area contributed by atoms with Crippen LogP contribution in [0.4, 0.5) is 0 Å². The van der Waals surface area contributed by atoms with Gasteiger partial charge in [-0.1, -0.05) is 146 Å². The minimum Gasteiger partial charge on any atom is -0.309 e. The quantitative estimate of drug-likeness (QED) is 0.166. The van der Waals surface area contributed by atoms with Crippen LogP contribution < -0.4 is 0 Å². The van der Waals surface area contributed by atoms with Gasteiger partial charge in [-0.2, -0.15) is 0 Å². The lowest BCUT2D eigenvalue weighted by Gasteiger charge is -2.19. The van der Waals surface area contributed by atoms with Gasteiger partial charge >= 0.3 is 0 Å². The second-order valence-corrected chi connectivity index (χ2v) is 16.6. The van der Waals surface area contributed by atoms with Crippen LogP contribution in [0.1, 0.15) is 0 Å². The Morgan fingerprint density at radius 3 is 0.762 bits per heavy atom. The molecule has 0 aliphatic heterocycles. The second kappa shape index (κ2) is 13.0. The van der Waals surface area contributed by atoms with Gasteiger partial charge in [0.05, 0.1) is 50.2 Å². The van der Waals surface area contributed by atoms with Gasteiger partial charge in [0.2, 0.25) is 0 Å². The zero-order chi connectivity index (χ0) is 41.2. The van der Waals surface area contributed by atoms with Crippen molar-refractivity contribution < 1.29 is 0 Å². The molecule has 0 saturated heterocycles. The van der Waals surface area contributed by atoms with Gasteiger partial charge in [-0.25, -0.2) is 0 Å². The maximum absolute atomic E-state index is 2.51. The van der Waals surface area contributed by atoms with Gasteiger partial charge < -0.3 is 4.57 Å². The monoisotopic (exact) mass is 803 g/mol. The summed E-state index contributed by atoms with van der Waals surface area (Å²) in [5, 5.41) is 9.86. The maximum Gasteiger partial charge on any atom is 0.131 e. The van der Waals surface area contributed by atoms with Crippen LogP contribution in [-0.2, 0) is 0 Å². The van der Waals surface area contributed by atoms with E-state index in [9.17, 15) is 0 Å². The van der Waals surface area contributed by atoms with Crippen LogP contribution in [0.3, 0.4) is 0 Å². The predicted octanol–water partition coefficient (Wildman–Crippen LogP) is 14.9. The van der Waals surface area contributed by atoms with Gasteiger partial charge in [-0.05, 0) is 78.9 Å². The fourth-order valence-corrected chi connectivity index (χ4v) is 10.8. The lowest BCUT2D eigenvalue weighted by molar-refractivity contribution is 1.03. The van der Waals surface area contributed by atoms with Crippen LogP contribution in [0.2, 0.25) is 0 Å². The Morgan fingerprint density at radius 2 is 0.429 bits per heavy atom. The van der Waals surface area contributed by atoms with Crippen molar-refractivity contribution in [3.8, 4) is 28.4 Å². The number of hydrogen-bond acceptors (Lipinski definition) is 0. The molecule has 63 heavy (non-hydrogen) atoms. The van der Waals surface area contributed by atoms with Crippen LogP contribution in [0, 0.1) is 0 Å². The van der Waals surface area contributed by atoms with E-state index >= 15 is 0 Å². The van der Waals surface area contributed by atoms with Crippen LogP contribution in [-0.4, -0.2) is 22.8 Å². The van der Waals surface area contributed by atoms with Crippen molar-refractivity contribution in [2.75, 3.05) is 0 Å². The van der Waals surface area contributed by atoms with Crippen LogP contribution in [0.25, 0.3) is 116 Å². The molecule has 0 unspecified atom stereocenters.